The molecule has 9 rings (SSSR count). The second-order valence-electron chi connectivity index (χ2n) is 13.8. The van der Waals surface area contributed by atoms with Crippen molar-refractivity contribution in [2.24, 2.45) is 34.5 Å². The maximum atomic E-state index is 14.9. The van der Waals surface area contributed by atoms with Gasteiger partial charge in [0.2, 0.25) is 5.79 Å². The number of ether oxygens (including phenoxy) is 5. The quantitative estimate of drug-likeness (QED) is 0.356. The number of epoxide rings is 1. The number of esters is 2. The summed E-state index contributed by atoms with van der Waals surface area (Å²) in [6.07, 6.45) is 3.82. The Morgan fingerprint density at radius 1 is 1.05 bits per heavy atom. The monoisotopic (exact) mass is 526 g/mol. The predicted molar refractivity (Wildman–Crippen MR) is 122 cm³/mol. The first-order valence-electron chi connectivity index (χ1n) is 13.8. The average molecular weight is 527 g/mol. The van der Waals surface area contributed by atoms with Crippen molar-refractivity contribution in [1.82, 2.24) is 0 Å². The fourth-order valence-corrected chi connectivity index (χ4v) is 10.9. The number of fused-ring (bicyclic) bond motifs is 4. The molecule has 9 aliphatic rings. The van der Waals surface area contributed by atoms with Gasteiger partial charge in [0.05, 0.1) is 30.0 Å². The van der Waals surface area contributed by atoms with Crippen LogP contribution in [0.2, 0.25) is 0 Å². The van der Waals surface area contributed by atoms with Gasteiger partial charge in [-0.2, -0.15) is 0 Å². The Kier molecular flexibility index (Phi) is 3.47. The normalized spacial score (nSPS) is 64.1. The van der Waals surface area contributed by atoms with E-state index in [1.165, 1.54) is 0 Å². The van der Waals surface area contributed by atoms with Crippen LogP contribution < -0.4 is 0 Å². The summed E-state index contributed by atoms with van der Waals surface area (Å²) in [4.78, 5) is 55.6. The minimum absolute atomic E-state index is 0.0583. The summed E-state index contributed by atoms with van der Waals surface area (Å²) in [7, 11) is 0. The Morgan fingerprint density at radius 2 is 1.84 bits per heavy atom. The molecule has 6 aliphatic heterocycles. The average Bonchev–Trinajstić information content (AvgIpc) is 3.45. The molecule has 0 aromatic rings. The van der Waals surface area contributed by atoms with Gasteiger partial charge in [0, 0.05) is 5.92 Å². The number of aliphatic hydroxyl groups is 1. The second-order valence-corrected chi connectivity index (χ2v) is 13.8. The lowest BCUT2D eigenvalue weighted by molar-refractivity contribution is -0.375. The fraction of sp³-hybridized carbons (Fsp3) is 0.786. The highest BCUT2D eigenvalue weighted by atomic mass is 16.8. The van der Waals surface area contributed by atoms with Crippen LogP contribution in [0, 0.1) is 34.5 Å². The molecular formula is C28H30O10. The molecule has 2 saturated carbocycles. The molecule has 13 atom stereocenters. The number of ketones is 2. The van der Waals surface area contributed by atoms with Gasteiger partial charge >= 0.3 is 11.9 Å². The topological polar surface area (TPSA) is 138 Å². The van der Waals surface area contributed by atoms with E-state index < -0.39 is 80.7 Å². The summed E-state index contributed by atoms with van der Waals surface area (Å²) in [6, 6.07) is 0. The summed E-state index contributed by atoms with van der Waals surface area (Å²) >= 11 is 0. The Morgan fingerprint density at radius 3 is 2.63 bits per heavy atom. The van der Waals surface area contributed by atoms with Gasteiger partial charge < -0.3 is 28.8 Å². The van der Waals surface area contributed by atoms with Gasteiger partial charge in [-0.1, -0.05) is 13.0 Å². The standard InChI is InChI=1S/C28H30O10/c1-22-10-17-24(3)28-18(22)19(30)27(38-28,34-11-14(22)20(31)35-17)13-9-16-26(36-16)7-4-5-15(29)23(26,2)12(13)6-8-25(28,33)21(32)37-24/h4-5,12-14,16-18,33H,6-11H2,1-3H3/t12-,13+,14-,16-,17+,18+,22+,23-,24-,25-,26-,27-,28-/m0/s1. The minimum Gasteiger partial charge on any atom is -0.458 e. The minimum atomic E-state index is -2.19. The van der Waals surface area contributed by atoms with E-state index in [-0.39, 0.29) is 43.5 Å². The van der Waals surface area contributed by atoms with Crippen LogP contribution in [-0.4, -0.2) is 75.6 Å². The predicted octanol–water partition coefficient (Wildman–Crippen LogP) is 0.768. The van der Waals surface area contributed by atoms with E-state index in [9.17, 15) is 24.3 Å². The summed E-state index contributed by atoms with van der Waals surface area (Å²) in [5.41, 5.74) is -8.23. The molecule has 3 spiro atoms. The van der Waals surface area contributed by atoms with Crippen molar-refractivity contribution < 1.29 is 48.0 Å². The van der Waals surface area contributed by atoms with Crippen LogP contribution in [0.5, 0.6) is 0 Å². The van der Waals surface area contributed by atoms with Gasteiger partial charge in [0.1, 0.15) is 11.7 Å². The van der Waals surface area contributed by atoms with Crippen molar-refractivity contribution in [2.75, 3.05) is 6.61 Å². The molecule has 3 aliphatic carbocycles. The molecule has 38 heavy (non-hydrogen) atoms. The van der Waals surface area contributed by atoms with Crippen molar-refractivity contribution in [3.63, 3.8) is 0 Å². The number of carbonyl (C=O) groups is 4. The fourth-order valence-electron chi connectivity index (χ4n) is 10.9. The third-order valence-corrected chi connectivity index (χ3v) is 12.9. The van der Waals surface area contributed by atoms with E-state index in [1.54, 1.807) is 13.0 Å². The molecule has 0 amide bonds. The van der Waals surface area contributed by atoms with Crippen LogP contribution in [0.4, 0.5) is 0 Å². The number of rotatable bonds is 0. The van der Waals surface area contributed by atoms with Crippen molar-refractivity contribution in [3.05, 3.63) is 12.2 Å². The van der Waals surface area contributed by atoms with E-state index in [0.717, 1.165) is 0 Å². The lowest BCUT2D eigenvalue weighted by Gasteiger charge is -2.63. The Balaban J connectivity index is 1.34. The van der Waals surface area contributed by atoms with E-state index >= 15 is 0 Å². The molecule has 10 heteroatoms. The molecule has 0 radical (unpaired) electrons. The molecule has 6 heterocycles. The summed E-state index contributed by atoms with van der Waals surface area (Å²) < 4.78 is 31.5. The van der Waals surface area contributed by atoms with Gasteiger partial charge in [-0.3, -0.25) is 14.4 Å². The third-order valence-electron chi connectivity index (χ3n) is 12.9. The van der Waals surface area contributed by atoms with E-state index in [0.29, 0.717) is 12.8 Å². The zero-order chi connectivity index (χ0) is 26.5. The number of allylic oxidation sites excluding steroid dienone is 1. The van der Waals surface area contributed by atoms with Gasteiger partial charge in [0.15, 0.2) is 28.4 Å². The maximum Gasteiger partial charge on any atom is 0.342 e. The van der Waals surface area contributed by atoms with E-state index in [4.69, 9.17) is 23.7 Å². The summed E-state index contributed by atoms with van der Waals surface area (Å²) in [6.45, 7) is 5.27. The van der Waals surface area contributed by atoms with Gasteiger partial charge in [0.25, 0.3) is 0 Å². The summed E-state index contributed by atoms with van der Waals surface area (Å²) in [5, 5.41) is 12.4. The lowest BCUT2D eigenvalue weighted by atomic mass is 9.46. The second kappa shape index (κ2) is 5.82. The van der Waals surface area contributed by atoms with Crippen LogP contribution in [0.15, 0.2) is 12.2 Å². The molecule has 0 unspecified atom stereocenters. The molecule has 0 aromatic carbocycles. The number of hydrogen-bond acceptors (Lipinski definition) is 10. The third kappa shape index (κ3) is 1.79. The Labute approximate surface area is 218 Å². The SMILES string of the molecule is C[C@@]12C[C@H]3OC(=O)[C@@H]1CO[C@@]14O[C@@]5([C@@H]2C1=O)[C@@]3(C)OC(=O)[C@@]5(O)CC[C@H]1[C@H]4C[C@@H]2O[C@@]23CC=CC(=O)[C@]13C. The molecule has 6 saturated heterocycles. The molecule has 8 fully saturated rings. The van der Waals surface area contributed by atoms with Crippen LogP contribution in [0.1, 0.15) is 52.9 Å². The lowest BCUT2D eigenvalue weighted by Crippen LogP contribution is -2.79. The number of Topliss-reactive ketones (excluding diaryl/α,β-unsaturated/α-hetero) is 1. The molecule has 10 nitrogen and oxygen atoms in total. The van der Waals surface area contributed by atoms with Crippen molar-refractivity contribution in [1.29, 1.82) is 0 Å². The van der Waals surface area contributed by atoms with Crippen LogP contribution in [0.25, 0.3) is 0 Å². The summed E-state index contributed by atoms with van der Waals surface area (Å²) in [5.74, 6) is -6.56. The molecule has 1 N–H and O–H groups in total. The van der Waals surface area contributed by atoms with Gasteiger partial charge in [-0.05, 0) is 63.4 Å². The highest BCUT2D eigenvalue weighted by Crippen LogP contribution is 2.77. The van der Waals surface area contributed by atoms with Crippen LogP contribution in [0.3, 0.4) is 0 Å². The molecule has 202 valence electrons. The number of hydrogen-bond donors (Lipinski definition) is 1. The number of carbonyl (C=O) groups excluding carboxylic acids is 4. The highest BCUT2D eigenvalue weighted by molar-refractivity contribution is 6.00. The largest absolute Gasteiger partial charge is 0.458 e. The van der Waals surface area contributed by atoms with Crippen molar-refractivity contribution in [3.8, 4) is 0 Å². The van der Waals surface area contributed by atoms with Crippen molar-refractivity contribution >= 4 is 23.5 Å². The van der Waals surface area contributed by atoms with Crippen molar-refractivity contribution in [2.45, 2.75) is 93.3 Å². The Hall–Kier alpha value is -2.14. The van der Waals surface area contributed by atoms with Gasteiger partial charge in [-0.25, -0.2) is 4.79 Å². The van der Waals surface area contributed by atoms with Crippen LogP contribution >= 0.6 is 0 Å². The first-order valence-corrected chi connectivity index (χ1v) is 13.8. The first kappa shape index (κ1) is 22.7. The van der Waals surface area contributed by atoms with E-state index in [2.05, 4.69) is 0 Å². The smallest absolute Gasteiger partial charge is 0.342 e. The van der Waals surface area contributed by atoms with Gasteiger partial charge in [-0.15, -0.1) is 0 Å². The molecule has 5 bridgehead atoms. The molecule has 0 aromatic heterocycles. The highest BCUT2D eigenvalue weighted by Gasteiger charge is 2.94. The van der Waals surface area contributed by atoms with Crippen LogP contribution in [-0.2, 0) is 42.9 Å². The zero-order valence-electron chi connectivity index (χ0n) is 21.5. The maximum absolute atomic E-state index is 14.9. The Bertz CT molecular complexity index is 1340. The molecular weight excluding hydrogens is 496 g/mol. The van der Waals surface area contributed by atoms with E-state index in [1.807, 2.05) is 19.9 Å². The first-order chi connectivity index (χ1) is 17.9. The zero-order valence-corrected chi connectivity index (χ0v) is 21.5.